The van der Waals surface area contributed by atoms with Gasteiger partial charge in [0.25, 0.3) is 11.6 Å². The highest BCUT2D eigenvalue weighted by Crippen LogP contribution is 2.20. The van der Waals surface area contributed by atoms with Crippen LogP contribution in [0.3, 0.4) is 0 Å². The Labute approximate surface area is 90.4 Å². The first-order valence-corrected chi connectivity index (χ1v) is 4.28. The zero-order valence-corrected chi connectivity index (χ0v) is 8.39. The number of primary amides is 1. The second-order valence-corrected chi connectivity index (χ2v) is 3.03. The minimum absolute atomic E-state index is 0.0491. The van der Waals surface area contributed by atoms with Gasteiger partial charge in [0.15, 0.2) is 0 Å². The third-order valence-corrected chi connectivity index (χ3v) is 1.98. The average Bonchev–Trinajstić information content (AvgIpc) is 2.16. The molecular weight excluding hydrogens is 214 g/mol. The van der Waals surface area contributed by atoms with Gasteiger partial charge in [-0.3, -0.25) is 20.2 Å². The maximum Gasteiger partial charge on any atom is 0.319 e. The summed E-state index contributed by atoms with van der Waals surface area (Å²) in [4.78, 5) is 31.9. The molecule has 7 heteroatoms. The number of nitro benzene ring substituents is 1. The summed E-state index contributed by atoms with van der Waals surface area (Å²) in [6.07, 6.45) is 0. The van der Waals surface area contributed by atoms with Crippen LogP contribution in [0.25, 0.3) is 0 Å². The van der Waals surface area contributed by atoms with Gasteiger partial charge in [-0.25, -0.2) is 4.79 Å². The van der Waals surface area contributed by atoms with Crippen LogP contribution in [0.1, 0.15) is 15.9 Å². The van der Waals surface area contributed by atoms with Crippen molar-refractivity contribution < 1.29 is 14.5 Å². The highest BCUT2D eigenvalue weighted by atomic mass is 16.6. The van der Waals surface area contributed by atoms with Crippen molar-refractivity contribution in [3.8, 4) is 0 Å². The average molecular weight is 223 g/mol. The number of nitrogens with two attached hydrogens (primary N) is 1. The van der Waals surface area contributed by atoms with Gasteiger partial charge in [0.2, 0.25) is 0 Å². The summed E-state index contributed by atoms with van der Waals surface area (Å²) in [5, 5.41) is 12.4. The molecule has 1 rings (SSSR count). The van der Waals surface area contributed by atoms with Crippen LogP contribution in [0.15, 0.2) is 18.2 Å². The highest BCUT2D eigenvalue weighted by Gasteiger charge is 2.18. The van der Waals surface area contributed by atoms with E-state index in [9.17, 15) is 19.7 Å². The van der Waals surface area contributed by atoms with Gasteiger partial charge in [-0.1, -0.05) is 6.07 Å². The molecule has 0 aliphatic heterocycles. The minimum atomic E-state index is -1.00. The van der Waals surface area contributed by atoms with Crippen LogP contribution in [-0.4, -0.2) is 16.9 Å². The Balaban J connectivity index is 3.15. The maximum absolute atomic E-state index is 11.4. The number of hydrogen-bond acceptors (Lipinski definition) is 4. The first-order chi connectivity index (χ1) is 7.43. The van der Waals surface area contributed by atoms with Gasteiger partial charge < -0.3 is 5.73 Å². The van der Waals surface area contributed by atoms with Crippen molar-refractivity contribution in [1.82, 2.24) is 5.32 Å². The SMILES string of the molecule is Cc1c(C(=O)NC(N)=O)cccc1[N+](=O)[O-]. The third kappa shape index (κ3) is 2.32. The molecule has 3 amide bonds. The topological polar surface area (TPSA) is 115 Å². The highest BCUT2D eigenvalue weighted by molar-refractivity contribution is 6.05. The molecule has 0 bridgehead atoms. The van der Waals surface area contributed by atoms with Gasteiger partial charge in [-0.05, 0) is 13.0 Å². The molecule has 0 aliphatic rings. The molecule has 16 heavy (non-hydrogen) atoms. The number of hydrogen-bond donors (Lipinski definition) is 2. The predicted octanol–water partition coefficient (Wildman–Crippen LogP) is 0.712. The molecule has 0 saturated heterocycles. The number of nitrogens with one attached hydrogen (secondary N) is 1. The molecule has 0 radical (unpaired) electrons. The molecule has 1 aromatic carbocycles. The van der Waals surface area contributed by atoms with Crippen molar-refractivity contribution in [2.45, 2.75) is 6.92 Å². The fraction of sp³-hybridized carbons (Fsp3) is 0.111. The van der Waals surface area contributed by atoms with E-state index in [-0.39, 0.29) is 16.8 Å². The van der Waals surface area contributed by atoms with Gasteiger partial charge in [0.05, 0.1) is 4.92 Å². The van der Waals surface area contributed by atoms with E-state index < -0.39 is 16.9 Å². The number of nitrogens with zero attached hydrogens (tertiary/aromatic N) is 1. The smallest absolute Gasteiger partial charge is 0.319 e. The van der Waals surface area contributed by atoms with Gasteiger partial charge >= 0.3 is 6.03 Å². The molecule has 1 aromatic rings. The van der Waals surface area contributed by atoms with Crippen molar-refractivity contribution in [2.24, 2.45) is 5.73 Å². The first kappa shape index (κ1) is 11.6. The Morgan fingerprint density at radius 3 is 2.56 bits per heavy atom. The van der Waals surface area contributed by atoms with E-state index in [2.05, 4.69) is 0 Å². The summed E-state index contributed by atoms with van der Waals surface area (Å²) in [7, 11) is 0. The van der Waals surface area contributed by atoms with Crippen LogP contribution in [0, 0.1) is 17.0 Å². The number of carbonyl (C=O) groups excluding carboxylic acids is 2. The van der Waals surface area contributed by atoms with Crippen molar-refractivity contribution in [3.05, 3.63) is 39.4 Å². The number of imide groups is 1. The van der Waals surface area contributed by atoms with E-state index in [4.69, 9.17) is 5.73 Å². The number of urea groups is 1. The van der Waals surface area contributed by atoms with Crippen molar-refractivity contribution >= 4 is 17.6 Å². The molecular formula is C9H9N3O4. The standard InChI is InChI=1S/C9H9N3O4/c1-5-6(8(13)11-9(10)14)3-2-4-7(5)12(15)16/h2-4H,1H3,(H3,10,11,13,14). The summed E-state index contributed by atoms with van der Waals surface area (Å²) >= 11 is 0. The summed E-state index contributed by atoms with van der Waals surface area (Å²) in [6, 6.07) is 3.01. The molecule has 0 unspecified atom stereocenters. The molecule has 0 aromatic heterocycles. The second-order valence-electron chi connectivity index (χ2n) is 3.03. The minimum Gasteiger partial charge on any atom is -0.351 e. The lowest BCUT2D eigenvalue weighted by atomic mass is 10.1. The number of amides is 3. The van der Waals surface area contributed by atoms with Gasteiger partial charge in [-0.15, -0.1) is 0 Å². The van der Waals surface area contributed by atoms with Crippen LogP contribution in [0.4, 0.5) is 10.5 Å². The van der Waals surface area contributed by atoms with Crippen LogP contribution in [0.2, 0.25) is 0 Å². The molecule has 3 N–H and O–H groups in total. The fourth-order valence-electron chi connectivity index (χ4n) is 1.25. The number of rotatable bonds is 2. The Bertz CT molecular complexity index is 470. The van der Waals surface area contributed by atoms with E-state index in [1.54, 1.807) is 0 Å². The van der Waals surface area contributed by atoms with Gasteiger partial charge in [0.1, 0.15) is 0 Å². The zero-order valence-electron chi connectivity index (χ0n) is 8.39. The Kier molecular flexibility index (Phi) is 3.19. The second kappa shape index (κ2) is 4.39. The summed E-state index contributed by atoms with van der Waals surface area (Å²) in [6.45, 7) is 1.42. The molecule has 0 atom stereocenters. The molecule has 0 saturated carbocycles. The molecule has 0 aliphatic carbocycles. The first-order valence-electron chi connectivity index (χ1n) is 4.28. The predicted molar refractivity (Wildman–Crippen MR) is 54.9 cm³/mol. The van der Waals surface area contributed by atoms with E-state index in [0.29, 0.717) is 0 Å². The van der Waals surface area contributed by atoms with Crippen LogP contribution in [0.5, 0.6) is 0 Å². The normalized spacial score (nSPS) is 9.56. The van der Waals surface area contributed by atoms with Gasteiger partial charge in [0, 0.05) is 17.2 Å². The number of carbonyl (C=O) groups is 2. The zero-order chi connectivity index (χ0) is 12.3. The monoisotopic (exact) mass is 223 g/mol. The lowest BCUT2D eigenvalue weighted by Crippen LogP contribution is -2.35. The van der Waals surface area contributed by atoms with Crippen LogP contribution >= 0.6 is 0 Å². The molecule has 0 heterocycles. The van der Waals surface area contributed by atoms with Crippen LogP contribution in [-0.2, 0) is 0 Å². The lowest BCUT2D eigenvalue weighted by Gasteiger charge is -2.04. The molecule has 84 valence electrons. The largest absolute Gasteiger partial charge is 0.351 e. The molecule has 7 nitrogen and oxygen atoms in total. The summed E-state index contributed by atoms with van der Waals surface area (Å²) in [5.74, 6) is -0.756. The van der Waals surface area contributed by atoms with E-state index in [1.165, 1.54) is 25.1 Å². The fourth-order valence-corrected chi connectivity index (χ4v) is 1.25. The third-order valence-electron chi connectivity index (χ3n) is 1.98. The lowest BCUT2D eigenvalue weighted by molar-refractivity contribution is -0.385. The quantitative estimate of drug-likeness (QED) is 0.567. The Morgan fingerprint density at radius 1 is 1.44 bits per heavy atom. The van der Waals surface area contributed by atoms with E-state index >= 15 is 0 Å². The number of nitro groups is 1. The maximum atomic E-state index is 11.4. The summed E-state index contributed by atoms with van der Waals surface area (Å²) in [5.41, 5.74) is 4.83. The van der Waals surface area contributed by atoms with Crippen molar-refractivity contribution in [3.63, 3.8) is 0 Å². The van der Waals surface area contributed by atoms with E-state index in [0.717, 1.165) is 0 Å². The Hall–Kier alpha value is -2.44. The van der Waals surface area contributed by atoms with Gasteiger partial charge in [-0.2, -0.15) is 0 Å². The van der Waals surface area contributed by atoms with Crippen molar-refractivity contribution in [2.75, 3.05) is 0 Å². The Morgan fingerprint density at radius 2 is 2.06 bits per heavy atom. The summed E-state index contributed by atoms with van der Waals surface area (Å²) < 4.78 is 0. The van der Waals surface area contributed by atoms with Crippen LogP contribution < -0.4 is 11.1 Å². The van der Waals surface area contributed by atoms with E-state index in [1.807, 2.05) is 5.32 Å². The molecule has 0 spiro atoms. The number of benzene rings is 1. The molecule has 0 fully saturated rings. The van der Waals surface area contributed by atoms with Crippen molar-refractivity contribution in [1.29, 1.82) is 0 Å².